The topological polar surface area (TPSA) is 112 Å². The smallest absolute Gasteiger partial charge is 0.271 e. The van der Waals surface area contributed by atoms with Gasteiger partial charge in [-0.3, -0.25) is 14.9 Å². The molecule has 9 nitrogen and oxygen atoms in total. The van der Waals surface area contributed by atoms with Crippen LogP contribution < -0.4 is 10.1 Å². The third-order valence-corrected chi connectivity index (χ3v) is 5.68. The molecule has 3 rings (SSSR count). The Balaban J connectivity index is 1.69. The van der Waals surface area contributed by atoms with Crippen molar-refractivity contribution >= 4 is 29.0 Å². The van der Waals surface area contributed by atoms with Gasteiger partial charge in [-0.15, -0.1) is 10.2 Å². The fraction of sp³-hybridized carbons (Fsp3) is 0.318. The Bertz CT molecular complexity index is 1150. The lowest BCUT2D eigenvalue weighted by Gasteiger charge is -2.19. The zero-order valence-electron chi connectivity index (χ0n) is 18.6. The number of anilines is 1. The molecule has 0 bridgehead atoms. The lowest BCUT2D eigenvalue weighted by Crippen LogP contribution is -2.17. The van der Waals surface area contributed by atoms with Gasteiger partial charge in [0.1, 0.15) is 11.6 Å². The zero-order chi connectivity index (χ0) is 24.1. The Morgan fingerprint density at radius 3 is 2.55 bits per heavy atom. The zero-order valence-corrected chi connectivity index (χ0v) is 19.4. The quantitative estimate of drug-likeness (QED) is 0.262. The molecule has 0 aliphatic heterocycles. The van der Waals surface area contributed by atoms with Crippen molar-refractivity contribution in [2.45, 2.75) is 45.0 Å². The minimum absolute atomic E-state index is 0.00107. The van der Waals surface area contributed by atoms with Crippen molar-refractivity contribution in [2.75, 3.05) is 11.1 Å². The number of nitrogens with zero attached hydrogens (tertiary/aromatic N) is 4. The second-order valence-corrected chi connectivity index (χ2v) is 8.55. The summed E-state index contributed by atoms with van der Waals surface area (Å²) < 4.78 is 20.9. The molecule has 1 unspecified atom stereocenters. The molecule has 0 saturated carbocycles. The number of non-ortho nitro benzene ring substituents is 1. The van der Waals surface area contributed by atoms with Crippen LogP contribution in [0.4, 0.5) is 15.8 Å². The Labute approximate surface area is 194 Å². The average Bonchev–Trinajstić information content (AvgIpc) is 3.20. The summed E-state index contributed by atoms with van der Waals surface area (Å²) in [4.78, 5) is 23.0. The SMILES string of the molecule is Cc1ccc([N+](=O)[O-])cc1NC(=O)CSc1nnc(C(C)Oc2ccc(F)cc2)n1C(C)C. The number of aromatic nitrogens is 3. The van der Waals surface area contributed by atoms with Crippen LogP contribution in [0.3, 0.4) is 0 Å². The van der Waals surface area contributed by atoms with Crippen LogP contribution in [0.2, 0.25) is 0 Å². The Morgan fingerprint density at radius 2 is 1.91 bits per heavy atom. The number of hydrogen-bond acceptors (Lipinski definition) is 7. The minimum Gasteiger partial charge on any atom is -0.483 e. The number of carbonyl (C=O) groups is 1. The summed E-state index contributed by atoms with van der Waals surface area (Å²) >= 11 is 1.20. The van der Waals surface area contributed by atoms with Crippen LogP contribution in [-0.2, 0) is 4.79 Å². The van der Waals surface area contributed by atoms with E-state index in [0.717, 1.165) is 5.56 Å². The maximum Gasteiger partial charge on any atom is 0.271 e. The van der Waals surface area contributed by atoms with E-state index in [1.54, 1.807) is 13.0 Å². The number of halogens is 1. The Morgan fingerprint density at radius 1 is 1.21 bits per heavy atom. The molecule has 1 atom stereocenters. The molecule has 1 heterocycles. The molecule has 0 saturated heterocycles. The van der Waals surface area contributed by atoms with Gasteiger partial charge in [-0.05, 0) is 57.5 Å². The molecule has 1 amide bonds. The van der Waals surface area contributed by atoms with E-state index in [4.69, 9.17) is 4.74 Å². The number of amides is 1. The first-order chi connectivity index (χ1) is 15.7. The molecular formula is C22H24FN5O4S. The monoisotopic (exact) mass is 473 g/mol. The minimum atomic E-state index is -0.508. The van der Waals surface area contributed by atoms with Crippen molar-refractivity contribution in [1.82, 2.24) is 14.8 Å². The molecule has 1 N–H and O–H groups in total. The van der Waals surface area contributed by atoms with Crippen molar-refractivity contribution in [2.24, 2.45) is 0 Å². The molecule has 0 aliphatic rings. The van der Waals surface area contributed by atoms with Crippen molar-refractivity contribution < 1.29 is 18.8 Å². The Kier molecular flexibility index (Phi) is 7.64. The summed E-state index contributed by atoms with van der Waals surface area (Å²) in [6.45, 7) is 7.51. The summed E-state index contributed by atoms with van der Waals surface area (Å²) in [5.41, 5.74) is 1.02. The van der Waals surface area contributed by atoms with Gasteiger partial charge in [0.15, 0.2) is 17.1 Å². The van der Waals surface area contributed by atoms with Crippen LogP contribution in [0.15, 0.2) is 47.6 Å². The normalized spacial score (nSPS) is 11.9. The first-order valence-corrected chi connectivity index (χ1v) is 11.2. The molecule has 11 heteroatoms. The van der Waals surface area contributed by atoms with Gasteiger partial charge in [0.25, 0.3) is 5.69 Å². The maximum absolute atomic E-state index is 13.1. The van der Waals surface area contributed by atoms with E-state index in [2.05, 4.69) is 15.5 Å². The van der Waals surface area contributed by atoms with Gasteiger partial charge in [0.2, 0.25) is 5.91 Å². The molecule has 0 aliphatic carbocycles. The van der Waals surface area contributed by atoms with Gasteiger partial charge in [-0.1, -0.05) is 17.8 Å². The van der Waals surface area contributed by atoms with Crippen LogP contribution in [0, 0.1) is 22.9 Å². The predicted molar refractivity (Wildman–Crippen MR) is 123 cm³/mol. The van der Waals surface area contributed by atoms with Gasteiger partial charge >= 0.3 is 0 Å². The third-order valence-electron chi connectivity index (χ3n) is 4.74. The van der Waals surface area contributed by atoms with E-state index >= 15 is 0 Å². The molecular weight excluding hydrogens is 449 g/mol. The molecule has 3 aromatic rings. The van der Waals surface area contributed by atoms with E-state index in [9.17, 15) is 19.3 Å². The van der Waals surface area contributed by atoms with Crippen LogP contribution in [-0.4, -0.2) is 31.3 Å². The summed E-state index contributed by atoms with van der Waals surface area (Å²) in [5, 5.41) is 22.7. The number of carbonyl (C=O) groups excluding carboxylic acids is 1. The summed E-state index contributed by atoms with van der Waals surface area (Å²) in [5.74, 6) is 0.451. The first-order valence-electron chi connectivity index (χ1n) is 10.2. The van der Waals surface area contributed by atoms with E-state index in [1.807, 2.05) is 25.3 Å². The number of thioether (sulfide) groups is 1. The second-order valence-electron chi connectivity index (χ2n) is 7.61. The van der Waals surface area contributed by atoms with Gasteiger partial charge in [-0.25, -0.2) is 4.39 Å². The van der Waals surface area contributed by atoms with E-state index < -0.39 is 11.0 Å². The van der Waals surface area contributed by atoms with Crippen molar-refractivity contribution in [1.29, 1.82) is 0 Å². The highest BCUT2D eigenvalue weighted by atomic mass is 32.2. The number of aryl methyl sites for hydroxylation is 1. The van der Waals surface area contributed by atoms with Crippen LogP contribution in [0.5, 0.6) is 5.75 Å². The van der Waals surface area contributed by atoms with E-state index in [0.29, 0.717) is 22.4 Å². The van der Waals surface area contributed by atoms with Crippen LogP contribution in [0.25, 0.3) is 0 Å². The molecule has 0 fully saturated rings. The fourth-order valence-electron chi connectivity index (χ4n) is 3.09. The highest BCUT2D eigenvalue weighted by molar-refractivity contribution is 7.99. The molecule has 0 spiro atoms. The summed E-state index contributed by atoms with van der Waals surface area (Å²) in [6.07, 6.45) is -0.457. The predicted octanol–water partition coefficient (Wildman–Crippen LogP) is 5.09. The number of benzene rings is 2. The van der Waals surface area contributed by atoms with Gasteiger partial charge < -0.3 is 14.6 Å². The van der Waals surface area contributed by atoms with Crippen molar-refractivity contribution in [3.63, 3.8) is 0 Å². The molecule has 33 heavy (non-hydrogen) atoms. The van der Waals surface area contributed by atoms with Gasteiger partial charge in [-0.2, -0.15) is 0 Å². The largest absolute Gasteiger partial charge is 0.483 e. The molecule has 2 aromatic carbocycles. The highest BCUT2D eigenvalue weighted by Gasteiger charge is 2.22. The van der Waals surface area contributed by atoms with Gasteiger partial charge in [0.05, 0.1) is 16.4 Å². The van der Waals surface area contributed by atoms with Crippen molar-refractivity contribution in [3.8, 4) is 5.75 Å². The average molecular weight is 474 g/mol. The lowest BCUT2D eigenvalue weighted by atomic mass is 10.2. The molecule has 0 radical (unpaired) electrons. The highest BCUT2D eigenvalue weighted by Crippen LogP contribution is 2.28. The fourth-order valence-corrected chi connectivity index (χ4v) is 3.97. The number of nitro groups is 1. The first kappa shape index (κ1) is 24.2. The second kappa shape index (κ2) is 10.4. The maximum atomic E-state index is 13.1. The lowest BCUT2D eigenvalue weighted by molar-refractivity contribution is -0.384. The Hall–Kier alpha value is -3.47. The summed E-state index contributed by atoms with van der Waals surface area (Å²) in [6, 6.07) is 10.0. The standard InChI is InChI=1S/C22H24FN5O4S/c1-13(2)27-21(15(4)32-18-9-6-16(23)7-10-18)25-26-22(27)33-12-20(29)24-19-11-17(28(30)31)8-5-14(19)3/h5-11,13,15H,12H2,1-4H3,(H,24,29). The van der Waals surface area contributed by atoms with Gasteiger partial charge in [0, 0.05) is 18.2 Å². The number of hydrogen-bond donors (Lipinski definition) is 1. The van der Waals surface area contributed by atoms with Crippen LogP contribution >= 0.6 is 11.8 Å². The van der Waals surface area contributed by atoms with Crippen molar-refractivity contribution in [3.05, 3.63) is 69.8 Å². The number of rotatable bonds is 9. The number of nitro benzene ring substituents is 1. The number of ether oxygens (including phenoxy) is 1. The van der Waals surface area contributed by atoms with E-state index in [1.165, 1.54) is 48.2 Å². The number of nitrogens with one attached hydrogen (secondary N) is 1. The molecule has 174 valence electrons. The summed E-state index contributed by atoms with van der Waals surface area (Å²) in [7, 11) is 0. The molecule has 1 aromatic heterocycles. The third kappa shape index (κ3) is 6.07. The van der Waals surface area contributed by atoms with Crippen LogP contribution in [0.1, 0.15) is 44.3 Å². The van der Waals surface area contributed by atoms with E-state index in [-0.39, 0.29) is 29.2 Å².